The lowest BCUT2D eigenvalue weighted by molar-refractivity contribution is 1.71. The second-order valence-electron chi connectivity index (χ2n) is 1.31. The van der Waals surface area contributed by atoms with Crippen LogP contribution in [0.4, 0.5) is 0 Å². The number of hydrogen-bond donors (Lipinski definition) is 0. The SMILES string of the molecule is C/C=C\S/C(C)=C/Cl. The van der Waals surface area contributed by atoms with Crippen molar-refractivity contribution in [3.8, 4) is 0 Å². The summed E-state index contributed by atoms with van der Waals surface area (Å²) in [4.78, 5) is 1.12. The summed E-state index contributed by atoms with van der Waals surface area (Å²) in [6, 6.07) is 0. The Kier molecular flexibility index (Phi) is 5.34. The first-order valence-corrected chi connectivity index (χ1v) is 3.67. The van der Waals surface area contributed by atoms with Gasteiger partial charge in [0.1, 0.15) is 0 Å². The summed E-state index contributed by atoms with van der Waals surface area (Å²) >= 11 is 7.00. The molecule has 0 aliphatic rings. The molecule has 0 amide bonds. The van der Waals surface area contributed by atoms with Crippen molar-refractivity contribution in [3.63, 3.8) is 0 Å². The molecule has 0 N–H and O–H groups in total. The number of rotatable bonds is 2. The van der Waals surface area contributed by atoms with Crippen LogP contribution in [-0.4, -0.2) is 0 Å². The Balaban J connectivity index is 3.40. The summed E-state index contributed by atoms with van der Waals surface area (Å²) < 4.78 is 0. The van der Waals surface area contributed by atoms with E-state index in [0.717, 1.165) is 4.91 Å². The highest BCUT2D eigenvalue weighted by molar-refractivity contribution is 8.05. The molecule has 0 fully saturated rings. The van der Waals surface area contributed by atoms with Gasteiger partial charge in [0, 0.05) is 5.54 Å². The van der Waals surface area contributed by atoms with Gasteiger partial charge in [0.25, 0.3) is 0 Å². The average Bonchev–Trinajstić information content (AvgIpc) is 1.83. The Labute approximate surface area is 59.6 Å². The number of hydrogen-bond acceptors (Lipinski definition) is 1. The van der Waals surface area contributed by atoms with Gasteiger partial charge in [0.2, 0.25) is 0 Å². The third-order valence-corrected chi connectivity index (χ3v) is 1.90. The maximum Gasteiger partial charge on any atom is 0.0138 e. The zero-order valence-corrected chi connectivity index (χ0v) is 6.59. The van der Waals surface area contributed by atoms with Gasteiger partial charge in [-0.15, -0.1) is 11.8 Å². The fraction of sp³-hybridized carbons (Fsp3) is 0.333. The van der Waals surface area contributed by atoms with E-state index >= 15 is 0 Å². The van der Waals surface area contributed by atoms with Crippen LogP contribution >= 0.6 is 23.4 Å². The minimum Gasteiger partial charge on any atom is -0.102 e. The summed E-state index contributed by atoms with van der Waals surface area (Å²) in [5, 5.41) is 1.99. The van der Waals surface area contributed by atoms with Crippen LogP contribution in [0.15, 0.2) is 21.9 Å². The van der Waals surface area contributed by atoms with E-state index in [9.17, 15) is 0 Å². The smallest absolute Gasteiger partial charge is 0.0138 e. The van der Waals surface area contributed by atoms with Crippen molar-refractivity contribution in [2.75, 3.05) is 0 Å². The summed E-state index contributed by atoms with van der Waals surface area (Å²) in [6.45, 7) is 3.95. The molecule has 0 saturated heterocycles. The molecule has 2 heteroatoms. The molecule has 0 atom stereocenters. The fourth-order valence-electron chi connectivity index (χ4n) is 0.201. The monoisotopic (exact) mass is 148 g/mol. The van der Waals surface area contributed by atoms with Gasteiger partial charge in [0.15, 0.2) is 0 Å². The molecule has 0 spiro atoms. The van der Waals surface area contributed by atoms with Gasteiger partial charge in [0.05, 0.1) is 0 Å². The zero-order valence-electron chi connectivity index (χ0n) is 5.02. The number of halogens is 1. The van der Waals surface area contributed by atoms with E-state index in [-0.39, 0.29) is 0 Å². The molecule has 0 radical (unpaired) electrons. The Morgan fingerprint density at radius 1 is 1.62 bits per heavy atom. The topological polar surface area (TPSA) is 0 Å². The summed E-state index contributed by atoms with van der Waals surface area (Å²) in [7, 11) is 0. The molecule has 0 heterocycles. The van der Waals surface area contributed by atoms with Gasteiger partial charge in [-0.2, -0.15) is 0 Å². The van der Waals surface area contributed by atoms with Crippen molar-refractivity contribution in [2.24, 2.45) is 0 Å². The maximum absolute atomic E-state index is 5.37. The predicted molar refractivity (Wildman–Crippen MR) is 42.0 cm³/mol. The minimum absolute atomic E-state index is 1.12. The summed E-state index contributed by atoms with van der Waals surface area (Å²) in [5.41, 5.74) is 1.57. The van der Waals surface area contributed by atoms with Crippen LogP contribution in [0.25, 0.3) is 0 Å². The Morgan fingerprint density at radius 3 is 2.62 bits per heavy atom. The lowest BCUT2D eigenvalue weighted by Crippen LogP contribution is -1.55. The first-order chi connectivity index (χ1) is 3.81. The largest absolute Gasteiger partial charge is 0.102 e. The van der Waals surface area contributed by atoms with Crippen LogP contribution in [0, 0.1) is 0 Å². The van der Waals surface area contributed by atoms with E-state index in [2.05, 4.69) is 0 Å². The van der Waals surface area contributed by atoms with E-state index in [0.29, 0.717) is 0 Å². The Morgan fingerprint density at radius 2 is 2.25 bits per heavy atom. The normalized spacial score (nSPS) is 13.1. The van der Waals surface area contributed by atoms with Crippen molar-refractivity contribution < 1.29 is 0 Å². The van der Waals surface area contributed by atoms with Crippen LogP contribution in [0.3, 0.4) is 0 Å². The summed E-state index contributed by atoms with van der Waals surface area (Å²) in [6.07, 6.45) is 1.98. The van der Waals surface area contributed by atoms with E-state index in [1.165, 1.54) is 0 Å². The molecule has 0 rings (SSSR count). The highest BCUT2D eigenvalue weighted by Crippen LogP contribution is 2.15. The fourth-order valence-corrected chi connectivity index (χ4v) is 0.758. The molecule has 46 valence electrons. The predicted octanol–water partition coefficient (Wildman–Crippen LogP) is 3.35. The first-order valence-electron chi connectivity index (χ1n) is 2.36. The third kappa shape index (κ3) is 4.28. The van der Waals surface area contributed by atoms with Crippen molar-refractivity contribution in [1.82, 2.24) is 0 Å². The maximum atomic E-state index is 5.37. The lowest BCUT2D eigenvalue weighted by Gasteiger charge is -1.87. The standard InChI is InChI=1S/C6H9ClS/c1-3-4-8-6(2)5-7/h3-5H,1-2H3/b4-3-,6-5+. The molecule has 0 unspecified atom stereocenters. The molecule has 0 aromatic heterocycles. The molecule has 0 bridgehead atoms. The van der Waals surface area contributed by atoms with E-state index in [1.807, 2.05) is 25.3 Å². The van der Waals surface area contributed by atoms with Crippen molar-refractivity contribution in [1.29, 1.82) is 0 Å². The molecule has 0 nitrogen and oxygen atoms in total. The van der Waals surface area contributed by atoms with Gasteiger partial charge in [-0.05, 0) is 24.2 Å². The highest BCUT2D eigenvalue weighted by Gasteiger charge is 1.79. The molecule has 0 aliphatic heterocycles. The molecule has 0 saturated carbocycles. The van der Waals surface area contributed by atoms with Crippen LogP contribution in [0.5, 0.6) is 0 Å². The van der Waals surface area contributed by atoms with Crippen molar-refractivity contribution in [3.05, 3.63) is 21.9 Å². The van der Waals surface area contributed by atoms with Gasteiger partial charge in [-0.3, -0.25) is 0 Å². The van der Waals surface area contributed by atoms with Crippen LogP contribution in [-0.2, 0) is 0 Å². The van der Waals surface area contributed by atoms with Crippen LogP contribution < -0.4 is 0 Å². The zero-order chi connectivity index (χ0) is 6.41. The first kappa shape index (κ1) is 8.12. The molecule has 0 aliphatic carbocycles. The molecular formula is C6H9ClS. The number of thioether (sulfide) groups is 1. The Hall–Kier alpha value is 0.120. The van der Waals surface area contributed by atoms with Crippen LogP contribution in [0.1, 0.15) is 13.8 Å². The molecule has 0 aromatic rings. The van der Waals surface area contributed by atoms with Gasteiger partial charge < -0.3 is 0 Å². The second-order valence-corrected chi connectivity index (χ2v) is 2.68. The van der Waals surface area contributed by atoms with E-state index in [4.69, 9.17) is 11.6 Å². The van der Waals surface area contributed by atoms with E-state index < -0.39 is 0 Å². The van der Waals surface area contributed by atoms with Gasteiger partial charge in [-0.25, -0.2) is 0 Å². The lowest BCUT2D eigenvalue weighted by atomic mass is 10.7. The molecule has 8 heavy (non-hydrogen) atoms. The quantitative estimate of drug-likeness (QED) is 0.579. The van der Waals surface area contributed by atoms with Crippen LogP contribution in [0.2, 0.25) is 0 Å². The minimum atomic E-state index is 1.12. The third-order valence-electron chi connectivity index (χ3n) is 0.544. The molecular weight excluding hydrogens is 140 g/mol. The van der Waals surface area contributed by atoms with Crippen molar-refractivity contribution >= 4 is 23.4 Å². The highest BCUT2D eigenvalue weighted by atomic mass is 35.5. The van der Waals surface area contributed by atoms with Gasteiger partial charge >= 0.3 is 0 Å². The average molecular weight is 149 g/mol. The van der Waals surface area contributed by atoms with Gasteiger partial charge in [-0.1, -0.05) is 17.7 Å². The summed E-state index contributed by atoms with van der Waals surface area (Å²) in [5.74, 6) is 0. The number of allylic oxidation sites excluding steroid dienone is 2. The Bertz CT molecular complexity index is 105. The van der Waals surface area contributed by atoms with E-state index in [1.54, 1.807) is 17.3 Å². The molecule has 0 aromatic carbocycles. The van der Waals surface area contributed by atoms with Crippen molar-refractivity contribution in [2.45, 2.75) is 13.8 Å². The second kappa shape index (κ2) is 5.26.